The van der Waals surface area contributed by atoms with Gasteiger partial charge in [-0.3, -0.25) is 10.1 Å². The third-order valence-electron chi connectivity index (χ3n) is 4.61. The predicted molar refractivity (Wildman–Crippen MR) is 118 cm³/mol. The van der Waals surface area contributed by atoms with Gasteiger partial charge in [0, 0.05) is 36.6 Å². The maximum absolute atomic E-state index is 12.9. The summed E-state index contributed by atoms with van der Waals surface area (Å²) in [6.45, 7) is 4.26. The van der Waals surface area contributed by atoms with E-state index in [0.717, 1.165) is 11.5 Å². The maximum Gasteiger partial charge on any atom is 0.280 e. The second-order valence-corrected chi connectivity index (χ2v) is 9.57. The van der Waals surface area contributed by atoms with E-state index in [9.17, 15) is 13.2 Å². The van der Waals surface area contributed by atoms with Crippen LogP contribution >= 0.6 is 11.5 Å². The summed E-state index contributed by atoms with van der Waals surface area (Å²) >= 11 is 1.04. The number of carbonyl (C=O) groups is 1. The highest BCUT2D eigenvalue weighted by atomic mass is 32.2. The van der Waals surface area contributed by atoms with E-state index < -0.39 is 15.9 Å². The third-order valence-corrected chi connectivity index (χ3v) is 7.32. The summed E-state index contributed by atoms with van der Waals surface area (Å²) in [6, 6.07) is 5.75. The van der Waals surface area contributed by atoms with Gasteiger partial charge in [0.25, 0.3) is 5.91 Å². The number of rotatable bonds is 10. The standard InChI is InChI=1S/C19H25N5O6S2/c1-3-24(9-10-25)32(27,28)16-6-4-14(5-7-16)17(22-30-15-8-11-29-12-15)18(26)21-19-20-13(2)23-31-19/h4-7,15,25H,3,8-12H2,1-2H3,(H,20,21,23,26)/b22-17+/t15-/m1/s1. The Labute approximate surface area is 190 Å². The summed E-state index contributed by atoms with van der Waals surface area (Å²) in [5.74, 6) is -0.0350. The van der Waals surface area contributed by atoms with Crippen LogP contribution in [0.4, 0.5) is 5.13 Å². The fraction of sp³-hybridized carbons (Fsp3) is 0.474. The van der Waals surface area contributed by atoms with Crippen molar-refractivity contribution in [1.82, 2.24) is 13.7 Å². The van der Waals surface area contributed by atoms with Crippen LogP contribution in [0.2, 0.25) is 0 Å². The first-order valence-electron chi connectivity index (χ1n) is 9.99. The number of carbonyl (C=O) groups excluding carboxylic acids is 1. The molecule has 1 aliphatic heterocycles. The summed E-state index contributed by atoms with van der Waals surface area (Å²) in [5, 5.41) is 16.1. The molecule has 1 aromatic carbocycles. The van der Waals surface area contributed by atoms with Gasteiger partial charge in [0.05, 0.1) is 24.7 Å². The molecule has 13 heteroatoms. The number of hydrogen-bond acceptors (Lipinski definition) is 10. The number of aliphatic hydroxyl groups is 1. The topological polar surface area (TPSA) is 143 Å². The van der Waals surface area contributed by atoms with E-state index >= 15 is 0 Å². The highest BCUT2D eigenvalue weighted by Crippen LogP contribution is 2.18. The molecule has 0 aliphatic carbocycles. The molecule has 11 nitrogen and oxygen atoms in total. The smallest absolute Gasteiger partial charge is 0.280 e. The van der Waals surface area contributed by atoms with Crippen LogP contribution < -0.4 is 5.32 Å². The van der Waals surface area contributed by atoms with Crippen molar-refractivity contribution in [3.05, 3.63) is 35.7 Å². The first-order valence-corrected chi connectivity index (χ1v) is 12.2. The summed E-state index contributed by atoms with van der Waals surface area (Å²) in [6.07, 6.45) is 0.390. The van der Waals surface area contributed by atoms with Crippen LogP contribution in [0.15, 0.2) is 34.3 Å². The number of aliphatic hydroxyl groups excluding tert-OH is 1. The minimum atomic E-state index is -3.78. The van der Waals surface area contributed by atoms with Gasteiger partial charge in [0.1, 0.15) is 5.82 Å². The third kappa shape index (κ3) is 5.86. The lowest BCUT2D eigenvalue weighted by Crippen LogP contribution is -2.33. The first kappa shape index (κ1) is 24.2. The van der Waals surface area contributed by atoms with Gasteiger partial charge in [0.15, 0.2) is 11.8 Å². The van der Waals surface area contributed by atoms with Crippen molar-refractivity contribution < 1.29 is 27.9 Å². The molecule has 1 fully saturated rings. The molecule has 2 heterocycles. The molecule has 3 rings (SSSR count). The van der Waals surface area contributed by atoms with E-state index in [1.54, 1.807) is 13.8 Å². The number of benzene rings is 1. The largest absolute Gasteiger partial charge is 0.395 e. The quantitative estimate of drug-likeness (QED) is 0.376. The highest BCUT2D eigenvalue weighted by molar-refractivity contribution is 7.89. The van der Waals surface area contributed by atoms with E-state index in [4.69, 9.17) is 14.7 Å². The van der Waals surface area contributed by atoms with Crippen LogP contribution in [0.3, 0.4) is 0 Å². The number of oxime groups is 1. The van der Waals surface area contributed by atoms with Crippen molar-refractivity contribution in [2.24, 2.45) is 5.16 Å². The van der Waals surface area contributed by atoms with Crippen molar-refractivity contribution >= 4 is 38.3 Å². The van der Waals surface area contributed by atoms with Crippen molar-refractivity contribution in [3.63, 3.8) is 0 Å². The lowest BCUT2D eigenvalue weighted by atomic mass is 10.1. The summed E-state index contributed by atoms with van der Waals surface area (Å²) in [5.41, 5.74) is 0.336. The minimum absolute atomic E-state index is 0.00569. The van der Waals surface area contributed by atoms with Crippen molar-refractivity contribution in [2.45, 2.75) is 31.3 Å². The Morgan fingerprint density at radius 2 is 2.16 bits per heavy atom. The summed E-state index contributed by atoms with van der Waals surface area (Å²) < 4.78 is 36.0. The number of sulfonamides is 1. The predicted octanol–water partition coefficient (Wildman–Crippen LogP) is 0.998. The van der Waals surface area contributed by atoms with Crippen LogP contribution in [-0.2, 0) is 24.4 Å². The van der Waals surface area contributed by atoms with Crippen LogP contribution in [0.25, 0.3) is 0 Å². The van der Waals surface area contributed by atoms with Crippen LogP contribution in [0.5, 0.6) is 0 Å². The SMILES string of the molecule is CCN(CCO)S(=O)(=O)c1ccc(/C(=N\O[C@@H]2CCOC2)C(=O)Nc2nc(C)ns2)cc1. The molecule has 1 aromatic heterocycles. The van der Waals surface area contributed by atoms with Gasteiger partial charge >= 0.3 is 0 Å². The molecule has 1 saturated heterocycles. The maximum atomic E-state index is 12.9. The number of nitrogens with one attached hydrogen (secondary N) is 1. The molecule has 0 unspecified atom stereocenters. The molecule has 1 amide bonds. The fourth-order valence-corrected chi connectivity index (χ4v) is 4.96. The van der Waals surface area contributed by atoms with Gasteiger partial charge in [-0.1, -0.05) is 24.2 Å². The summed E-state index contributed by atoms with van der Waals surface area (Å²) in [4.78, 5) is 22.5. The highest BCUT2D eigenvalue weighted by Gasteiger charge is 2.24. The minimum Gasteiger partial charge on any atom is -0.395 e. The molecular formula is C19H25N5O6S2. The zero-order chi connectivity index (χ0) is 23.1. The average molecular weight is 484 g/mol. The Morgan fingerprint density at radius 3 is 2.72 bits per heavy atom. The first-order chi connectivity index (χ1) is 15.3. The van der Waals surface area contributed by atoms with Crippen molar-refractivity contribution in [2.75, 3.05) is 38.2 Å². The molecule has 0 spiro atoms. The van der Waals surface area contributed by atoms with Gasteiger partial charge < -0.3 is 14.7 Å². The van der Waals surface area contributed by atoms with Gasteiger partial charge in [-0.2, -0.15) is 8.68 Å². The van der Waals surface area contributed by atoms with E-state index in [1.165, 1.54) is 28.6 Å². The van der Waals surface area contributed by atoms with E-state index in [2.05, 4.69) is 19.8 Å². The molecular weight excluding hydrogens is 458 g/mol. The van der Waals surface area contributed by atoms with Gasteiger partial charge in [-0.25, -0.2) is 13.4 Å². The zero-order valence-corrected chi connectivity index (χ0v) is 19.4. The summed E-state index contributed by atoms with van der Waals surface area (Å²) in [7, 11) is -3.78. The van der Waals surface area contributed by atoms with E-state index in [0.29, 0.717) is 36.2 Å². The molecule has 0 saturated carbocycles. The lowest BCUT2D eigenvalue weighted by molar-refractivity contribution is -0.110. The van der Waals surface area contributed by atoms with Crippen LogP contribution in [0.1, 0.15) is 24.7 Å². The van der Waals surface area contributed by atoms with E-state index in [-0.39, 0.29) is 36.4 Å². The molecule has 1 atom stereocenters. The average Bonchev–Trinajstić information content (AvgIpc) is 3.44. The number of aryl methyl sites for hydroxylation is 1. The fourth-order valence-electron chi connectivity index (χ4n) is 2.95. The second-order valence-electron chi connectivity index (χ2n) is 6.88. The lowest BCUT2D eigenvalue weighted by Gasteiger charge is -2.19. The number of likely N-dealkylation sites (N-methyl/N-ethyl adjacent to an activating group) is 1. The Morgan fingerprint density at radius 1 is 1.41 bits per heavy atom. The van der Waals surface area contributed by atoms with Gasteiger partial charge in [-0.05, 0) is 19.1 Å². The number of aromatic nitrogens is 2. The van der Waals surface area contributed by atoms with E-state index in [1.807, 2.05) is 0 Å². The van der Waals surface area contributed by atoms with Crippen molar-refractivity contribution in [3.8, 4) is 0 Å². The Bertz CT molecular complexity index is 1050. The van der Waals surface area contributed by atoms with Crippen molar-refractivity contribution in [1.29, 1.82) is 0 Å². The normalized spacial score (nSPS) is 17.0. The molecule has 32 heavy (non-hydrogen) atoms. The molecule has 1 aliphatic rings. The Balaban J connectivity index is 1.86. The molecule has 0 radical (unpaired) electrons. The van der Waals surface area contributed by atoms with Gasteiger partial charge in [0.2, 0.25) is 15.2 Å². The molecule has 0 bridgehead atoms. The Hall–Kier alpha value is -2.45. The Kier molecular flexibility index (Phi) is 8.26. The molecule has 2 N–H and O–H groups in total. The number of amides is 1. The van der Waals surface area contributed by atoms with Crippen LogP contribution in [0, 0.1) is 6.92 Å². The van der Waals surface area contributed by atoms with Gasteiger partial charge in [-0.15, -0.1) is 0 Å². The number of ether oxygens (including phenoxy) is 1. The number of hydrogen-bond donors (Lipinski definition) is 2. The monoisotopic (exact) mass is 483 g/mol. The number of anilines is 1. The molecule has 2 aromatic rings. The number of nitrogens with zero attached hydrogens (tertiary/aromatic N) is 4. The zero-order valence-electron chi connectivity index (χ0n) is 17.7. The second kappa shape index (κ2) is 10.9. The molecule has 174 valence electrons. The van der Waals surface area contributed by atoms with Crippen LogP contribution in [-0.4, -0.2) is 77.8 Å².